The standard InChI is InChI=1S/C14H17N5/c1-18-7-8-19(9-11(18)5-6-15)13-4-2-3-12-14(13)17-10-16-12/h2-4,10-11H,5,7-9H2,1H3,(H,16,17). The Morgan fingerprint density at radius 1 is 1.47 bits per heavy atom. The number of H-pyrrole nitrogens is 1. The number of anilines is 1. The van der Waals surface area contributed by atoms with E-state index in [1.54, 1.807) is 6.33 Å². The normalized spacial score (nSPS) is 20.6. The van der Waals surface area contributed by atoms with E-state index in [2.05, 4.69) is 39.0 Å². The van der Waals surface area contributed by atoms with Crippen molar-refractivity contribution in [3.05, 3.63) is 24.5 Å². The number of benzene rings is 1. The summed E-state index contributed by atoms with van der Waals surface area (Å²) in [6, 6.07) is 8.78. The number of nitrogens with one attached hydrogen (secondary N) is 1. The number of nitrogens with zero attached hydrogens (tertiary/aromatic N) is 4. The van der Waals surface area contributed by atoms with Gasteiger partial charge < -0.3 is 9.88 Å². The van der Waals surface area contributed by atoms with Gasteiger partial charge in [-0.2, -0.15) is 5.26 Å². The first kappa shape index (κ1) is 12.0. The highest BCUT2D eigenvalue weighted by Crippen LogP contribution is 2.26. The van der Waals surface area contributed by atoms with Crippen molar-refractivity contribution in [2.75, 3.05) is 31.6 Å². The van der Waals surface area contributed by atoms with E-state index >= 15 is 0 Å². The topological polar surface area (TPSA) is 58.9 Å². The summed E-state index contributed by atoms with van der Waals surface area (Å²) in [4.78, 5) is 12.2. The van der Waals surface area contributed by atoms with E-state index in [9.17, 15) is 0 Å². The molecular formula is C14H17N5. The lowest BCUT2D eigenvalue weighted by Gasteiger charge is -2.39. The summed E-state index contributed by atoms with van der Waals surface area (Å²) in [6.45, 7) is 2.84. The Morgan fingerprint density at radius 3 is 3.21 bits per heavy atom. The van der Waals surface area contributed by atoms with Gasteiger partial charge in [-0.05, 0) is 19.2 Å². The van der Waals surface area contributed by atoms with Crippen LogP contribution in [0.15, 0.2) is 24.5 Å². The number of imidazole rings is 1. The molecule has 1 aromatic carbocycles. The van der Waals surface area contributed by atoms with Crippen LogP contribution < -0.4 is 4.90 Å². The van der Waals surface area contributed by atoms with E-state index in [0.717, 1.165) is 36.4 Å². The second-order valence-electron chi connectivity index (χ2n) is 5.02. The molecule has 1 saturated heterocycles. The number of hydrogen-bond donors (Lipinski definition) is 1. The van der Waals surface area contributed by atoms with Crippen molar-refractivity contribution in [3.8, 4) is 6.07 Å². The van der Waals surface area contributed by atoms with Crippen LogP contribution in [0.4, 0.5) is 5.69 Å². The lowest BCUT2D eigenvalue weighted by molar-refractivity contribution is 0.221. The fourth-order valence-electron chi connectivity index (χ4n) is 2.70. The van der Waals surface area contributed by atoms with Crippen molar-refractivity contribution < 1.29 is 0 Å². The predicted octanol–water partition coefficient (Wildman–Crippen LogP) is 1.60. The Labute approximate surface area is 112 Å². The second kappa shape index (κ2) is 4.90. The van der Waals surface area contributed by atoms with Gasteiger partial charge in [0.2, 0.25) is 0 Å². The third-order valence-corrected chi connectivity index (χ3v) is 3.87. The second-order valence-corrected chi connectivity index (χ2v) is 5.02. The molecule has 0 saturated carbocycles. The largest absolute Gasteiger partial charge is 0.367 e. The average molecular weight is 255 g/mol. The number of aromatic nitrogens is 2. The molecule has 1 atom stereocenters. The minimum absolute atomic E-state index is 0.299. The molecule has 19 heavy (non-hydrogen) atoms. The van der Waals surface area contributed by atoms with Crippen molar-refractivity contribution in [3.63, 3.8) is 0 Å². The van der Waals surface area contributed by atoms with Gasteiger partial charge in [-0.3, -0.25) is 4.90 Å². The maximum atomic E-state index is 8.92. The van der Waals surface area contributed by atoms with Gasteiger partial charge in [0.25, 0.3) is 0 Å². The molecule has 1 aliphatic rings. The van der Waals surface area contributed by atoms with Gasteiger partial charge in [-0.1, -0.05) is 6.07 Å². The Morgan fingerprint density at radius 2 is 2.37 bits per heavy atom. The van der Waals surface area contributed by atoms with Crippen molar-refractivity contribution in [1.82, 2.24) is 14.9 Å². The molecule has 1 unspecified atom stereocenters. The minimum atomic E-state index is 0.299. The smallest absolute Gasteiger partial charge is 0.112 e. The molecule has 5 heteroatoms. The number of rotatable bonds is 2. The first-order valence-corrected chi connectivity index (χ1v) is 6.54. The summed E-state index contributed by atoms with van der Waals surface area (Å²) in [5, 5.41) is 8.92. The summed E-state index contributed by atoms with van der Waals surface area (Å²) in [5.74, 6) is 0. The van der Waals surface area contributed by atoms with E-state index in [1.807, 2.05) is 12.1 Å². The van der Waals surface area contributed by atoms with Crippen LogP contribution in [0.5, 0.6) is 0 Å². The number of piperazine rings is 1. The van der Waals surface area contributed by atoms with Crippen LogP contribution in [0.1, 0.15) is 6.42 Å². The summed E-state index contributed by atoms with van der Waals surface area (Å²) in [6.07, 6.45) is 2.31. The van der Waals surface area contributed by atoms with E-state index in [4.69, 9.17) is 5.26 Å². The van der Waals surface area contributed by atoms with Crippen LogP contribution in [0, 0.1) is 11.3 Å². The van der Waals surface area contributed by atoms with Crippen molar-refractivity contribution in [2.45, 2.75) is 12.5 Å². The Hall–Kier alpha value is -2.06. The lowest BCUT2D eigenvalue weighted by Crippen LogP contribution is -2.51. The van der Waals surface area contributed by atoms with E-state index in [-0.39, 0.29) is 0 Å². The molecule has 0 amide bonds. The maximum Gasteiger partial charge on any atom is 0.112 e. The zero-order chi connectivity index (χ0) is 13.2. The highest BCUT2D eigenvalue weighted by Gasteiger charge is 2.25. The molecule has 0 bridgehead atoms. The van der Waals surface area contributed by atoms with Gasteiger partial charge in [-0.25, -0.2) is 4.98 Å². The first-order valence-electron chi connectivity index (χ1n) is 6.54. The third-order valence-electron chi connectivity index (χ3n) is 3.87. The molecule has 3 rings (SSSR count). The first-order chi connectivity index (χ1) is 9.29. The lowest BCUT2D eigenvalue weighted by atomic mass is 10.1. The predicted molar refractivity (Wildman–Crippen MR) is 75.0 cm³/mol. The van der Waals surface area contributed by atoms with Crippen LogP contribution in [0.25, 0.3) is 11.0 Å². The molecule has 1 aromatic heterocycles. The molecule has 5 nitrogen and oxygen atoms in total. The van der Waals surface area contributed by atoms with Gasteiger partial charge in [0.15, 0.2) is 0 Å². The maximum absolute atomic E-state index is 8.92. The molecule has 98 valence electrons. The average Bonchev–Trinajstić information content (AvgIpc) is 2.90. The van der Waals surface area contributed by atoms with E-state index < -0.39 is 0 Å². The van der Waals surface area contributed by atoms with Crippen molar-refractivity contribution in [1.29, 1.82) is 5.26 Å². The number of fused-ring (bicyclic) bond motifs is 1. The van der Waals surface area contributed by atoms with Crippen LogP contribution in [-0.4, -0.2) is 47.6 Å². The van der Waals surface area contributed by atoms with Gasteiger partial charge in [0.05, 0.1) is 30.0 Å². The molecular weight excluding hydrogens is 238 g/mol. The van der Waals surface area contributed by atoms with Crippen molar-refractivity contribution in [2.24, 2.45) is 0 Å². The highest BCUT2D eigenvalue weighted by atomic mass is 15.3. The van der Waals surface area contributed by atoms with Gasteiger partial charge in [-0.15, -0.1) is 0 Å². The van der Waals surface area contributed by atoms with E-state index in [0.29, 0.717) is 12.5 Å². The zero-order valence-corrected chi connectivity index (χ0v) is 11.0. The Kier molecular flexibility index (Phi) is 3.10. The molecule has 1 N–H and O–H groups in total. The molecule has 0 spiro atoms. The molecule has 1 fully saturated rings. The molecule has 1 aliphatic heterocycles. The van der Waals surface area contributed by atoms with Crippen molar-refractivity contribution >= 4 is 16.7 Å². The summed E-state index contributed by atoms with van der Waals surface area (Å²) in [5.41, 5.74) is 3.24. The van der Waals surface area contributed by atoms with Gasteiger partial charge in [0.1, 0.15) is 5.52 Å². The molecule has 0 radical (unpaired) electrons. The number of para-hydroxylation sites is 1. The Bertz CT molecular complexity index is 612. The number of likely N-dealkylation sites (N-methyl/N-ethyl adjacent to an activating group) is 1. The summed E-state index contributed by atoms with van der Waals surface area (Å²) in [7, 11) is 2.09. The third kappa shape index (κ3) is 2.15. The number of hydrogen-bond acceptors (Lipinski definition) is 4. The van der Waals surface area contributed by atoms with Gasteiger partial charge >= 0.3 is 0 Å². The fraction of sp³-hybridized carbons (Fsp3) is 0.429. The molecule has 2 heterocycles. The molecule has 0 aliphatic carbocycles. The summed E-state index contributed by atoms with van der Waals surface area (Å²) >= 11 is 0. The number of aromatic amines is 1. The monoisotopic (exact) mass is 255 g/mol. The van der Waals surface area contributed by atoms with Crippen LogP contribution in [0.3, 0.4) is 0 Å². The van der Waals surface area contributed by atoms with Crippen LogP contribution in [0.2, 0.25) is 0 Å². The Balaban J connectivity index is 1.90. The van der Waals surface area contributed by atoms with E-state index in [1.165, 1.54) is 0 Å². The zero-order valence-electron chi connectivity index (χ0n) is 11.0. The minimum Gasteiger partial charge on any atom is -0.367 e. The van der Waals surface area contributed by atoms with Crippen LogP contribution >= 0.6 is 0 Å². The summed E-state index contributed by atoms with van der Waals surface area (Å²) < 4.78 is 0. The number of nitriles is 1. The quantitative estimate of drug-likeness (QED) is 0.885. The SMILES string of the molecule is CN1CCN(c2cccc3[nH]cnc23)CC1CC#N. The van der Waals surface area contributed by atoms with Gasteiger partial charge in [0, 0.05) is 25.7 Å². The highest BCUT2D eigenvalue weighted by molar-refractivity contribution is 5.88. The van der Waals surface area contributed by atoms with Crippen LogP contribution in [-0.2, 0) is 0 Å². The molecule has 2 aromatic rings. The fourth-order valence-corrected chi connectivity index (χ4v) is 2.70.